The number of hydrogen-bond donors (Lipinski definition) is 1. The van der Waals surface area contributed by atoms with Crippen molar-refractivity contribution in [2.24, 2.45) is 0 Å². The van der Waals surface area contributed by atoms with E-state index < -0.39 is 5.97 Å². The number of aromatic carboxylic acids is 1. The molecule has 3 heterocycles. The number of aromatic nitrogens is 2. The minimum atomic E-state index is -0.941. The fourth-order valence-electron chi connectivity index (χ4n) is 1.76. The molecular formula is C12H7BrN2O2S. The van der Waals surface area contributed by atoms with E-state index in [4.69, 9.17) is 5.11 Å². The van der Waals surface area contributed by atoms with Crippen LogP contribution in [0.5, 0.6) is 0 Å². The van der Waals surface area contributed by atoms with Gasteiger partial charge in [-0.25, -0.2) is 9.78 Å². The van der Waals surface area contributed by atoms with Gasteiger partial charge in [0.15, 0.2) is 5.82 Å². The van der Waals surface area contributed by atoms with Gasteiger partial charge in [0.25, 0.3) is 0 Å². The highest BCUT2D eigenvalue weighted by molar-refractivity contribution is 9.10. The summed E-state index contributed by atoms with van der Waals surface area (Å²) < 4.78 is 2.52. The van der Waals surface area contributed by atoms with Crippen molar-refractivity contribution < 1.29 is 9.90 Å². The molecule has 0 aromatic carbocycles. The number of pyridine rings is 1. The van der Waals surface area contributed by atoms with Crippen LogP contribution in [-0.4, -0.2) is 20.5 Å². The van der Waals surface area contributed by atoms with Crippen molar-refractivity contribution in [3.05, 3.63) is 46.0 Å². The molecule has 90 valence electrons. The number of halogens is 1. The number of hydrogen-bond acceptors (Lipinski definition) is 3. The molecule has 4 nitrogen and oxygen atoms in total. The molecule has 3 rings (SSSR count). The van der Waals surface area contributed by atoms with Crippen molar-refractivity contribution in [3.8, 4) is 10.7 Å². The van der Waals surface area contributed by atoms with Crippen molar-refractivity contribution in [1.29, 1.82) is 0 Å². The predicted octanol–water partition coefficient (Wildman–Crippen LogP) is 3.52. The van der Waals surface area contributed by atoms with Gasteiger partial charge in [-0.1, -0.05) is 6.07 Å². The number of nitrogens with zero attached hydrogens (tertiary/aromatic N) is 2. The quantitative estimate of drug-likeness (QED) is 0.785. The lowest BCUT2D eigenvalue weighted by atomic mass is 10.2. The second kappa shape index (κ2) is 4.22. The fraction of sp³-hybridized carbons (Fsp3) is 0. The minimum Gasteiger partial charge on any atom is -0.478 e. The van der Waals surface area contributed by atoms with Crippen LogP contribution in [0.25, 0.3) is 16.2 Å². The fourth-order valence-corrected chi connectivity index (χ4v) is 2.94. The summed E-state index contributed by atoms with van der Waals surface area (Å²) in [7, 11) is 0. The monoisotopic (exact) mass is 322 g/mol. The number of carboxylic acid groups (broad SMARTS) is 1. The van der Waals surface area contributed by atoms with E-state index in [1.807, 2.05) is 21.9 Å². The van der Waals surface area contributed by atoms with Gasteiger partial charge < -0.3 is 5.11 Å². The molecule has 0 saturated carbocycles. The molecule has 0 aliphatic rings. The van der Waals surface area contributed by atoms with Crippen molar-refractivity contribution in [2.75, 3.05) is 0 Å². The van der Waals surface area contributed by atoms with E-state index in [2.05, 4.69) is 20.9 Å². The van der Waals surface area contributed by atoms with Crippen molar-refractivity contribution in [2.45, 2.75) is 0 Å². The van der Waals surface area contributed by atoms with E-state index >= 15 is 0 Å². The molecule has 0 aliphatic heterocycles. The van der Waals surface area contributed by atoms with Gasteiger partial charge in [-0.15, -0.1) is 11.3 Å². The Hall–Kier alpha value is -1.66. The third kappa shape index (κ3) is 1.74. The third-order valence-corrected chi connectivity index (χ3v) is 4.04. The van der Waals surface area contributed by atoms with Crippen molar-refractivity contribution in [3.63, 3.8) is 0 Å². The number of imidazole rings is 1. The molecule has 0 aliphatic carbocycles. The van der Waals surface area contributed by atoms with Crippen molar-refractivity contribution >= 4 is 38.8 Å². The molecule has 0 radical (unpaired) electrons. The number of fused-ring (bicyclic) bond motifs is 1. The van der Waals surface area contributed by atoms with Crippen LogP contribution in [0.2, 0.25) is 0 Å². The Morgan fingerprint density at radius 3 is 2.94 bits per heavy atom. The van der Waals surface area contributed by atoms with Crippen LogP contribution in [0.4, 0.5) is 0 Å². The van der Waals surface area contributed by atoms with Crippen LogP contribution in [0.15, 0.2) is 40.4 Å². The lowest BCUT2D eigenvalue weighted by Gasteiger charge is -2.00. The molecule has 0 fully saturated rings. The first-order valence-corrected chi connectivity index (χ1v) is 6.79. The van der Waals surface area contributed by atoms with E-state index in [-0.39, 0.29) is 5.56 Å². The number of carboxylic acids is 1. The van der Waals surface area contributed by atoms with Gasteiger partial charge in [-0.2, -0.15) is 0 Å². The van der Waals surface area contributed by atoms with Gasteiger partial charge in [0.1, 0.15) is 4.60 Å². The van der Waals surface area contributed by atoms with E-state index in [1.54, 1.807) is 29.7 Å². The summed E-state index contributed by atoms with van der Waals surface area (Å²) in [6.45, 7) is 0. The van der Waals surface area contributed by atoms with Crippen LogP contribution in [0, 0.1) is 0 Å². The van der Waals surface area contributed by atoms with Crippen LogP contribution in [0.3, 0.4) is 0 Å². The van der Waals surface area contributed by atoms with E-state index in [9.17, 15) is 4.79 Å². The van der Waals surface area contributed by atoms with Gasteiger partial charge in [0, 0.05) is 6.20 Å². The van der Waals surface area contributed by atoms with E-state index in [0.29, 0.717) is 4.60 Å². The van der Waals surface area contributed by atoms with Gasteiger partial charge in [-0.3, -0.25) is 4.40 Å². The van der Waals surface area contributed by atoms with E-state index in [1.165, 1.54) is 0 Å². The van der Waals surface area contributed by atoms with Gasteiger partial charge in [0.05, 0.1) is 16.0 Å². The molecule has 0 unspecified atom stereocenters. The van der Waals surface area contributed by atoms with E-state index in [0.717, 1.165) is 16.2 Å². The minimum absolute atomic E-state index is 0.251. The first-order valence-electron chi connectivity index (χ1n) is 5.11. The zero-order valence-corrected chi connectivity index (χ0v) is 11.4. The summed E-state index contributed by atoms with van der Waals surface area (Å²) in [4.78, 5) is 16.4. The second-order valence-corrected chi connectivity index (χ2v) is 5.38. The highest BCUT2D eigenvalue weighted by atomic mass is 79.9. The zero-order valence-electron chi connectivity index (χ0n) is 9.00. The molecule has 3 aromatic heterocycles. The molecular weight excluding hydrogens is 316 g/mol. The Morgan fingerprint density at radius 1 is 1.44 bits per heavy atom. The van der Waals surface area contributed by atoms with Gasteiger partial charge >= 0.3 is 5.97 Å². The topological polar surface area (TPSA) is 54.6 Å². The van der Waals surface area contributed by atoms with Crippen LogP contribution in [-0.2, 0) is 0 Å². The Morgan fingerprint density at radius 2 is 2.28 bits per heavy atom. The Bertz CT molecular complexity index is 734. The zero-order chi connectivity index (χ0) is 12.7. The highest BCUT2D eigenvalue weighted by Crippen LogP contribution is 2.29. The molecule has 3 aromatic rings. The Kier molecular flexibility index (Phi) is 2.68. The molecule has 18 heavy (non-hydrogen) atoms. The first kappa shape index (κ1) is 11.4. The van der Waals surface area contributed by atoms with Crippen molar-refractivity contribution in [1.82, 2.24) is 9.38 Å². The molecule has 0 saturated heterocycles. The number of thiophene rings is 1. The summed E-state index contributed by atoms with van der Waals surface area (Å²) in [6, 6.07) is 7.12. The maximum Gasteiger partial charge on any atom is 0.335 e. The normalized spacial score (nSPS) is 10.9. The van der Waals surface area contributed by atoms with Gasteiger partial charge in [0.2, 0.25) is 0 Å². The smallest absolute Gasteiger partial charge is 0.335 e. The summed E-state index contributed by atoms with van der Waals surface area (Å²) in [5, 5.41) is 11.0. The standard InChI is InChI=1S/C12H7BrN2O2S/c13-10-8-6-7(12(16)17)3-4-15(8)11(14-10)9-2-1-5-18-9/h1-6H,(H,16,17). The summed E-state index contributed by atoms with van der Waals surface area (Å²) in [5.41, 5.74) is 0.999. The molecule has 0 amide bonds. The van der Waals surface area contributed by atoms with Crippen LogP contribution in [0.1, 0.15) is 10.4 Å². The third-order valence-electron chi connectivity index (χ3n) is 2.59. The average Bonchev–Trinajstić information content (AvgIpc) is 2.97. The maximum atomic E-state index is 10.9. The summed E-state index contributed by atoms with van der Waals surface area (Å²) in [6.07, 6.45) is 1.73. The molecule has 0 bridgehead atoms. The molecule has 1 N–H and O–H groups in total. The molecule has 6 heteroatoms. The first-order chi connectivity index (χ1) is 8.66. The van der Waals surface area contributed by atoms with Crippen LogP contribution < -0.4 is 0 Å². The van der Waals surface area contributed by atoms with Gasteiger partial charge in [-0.05, 0) is 39.5 Å². The SMILES string of the molecule is O=C(O)c1ccn2c(-c3cccs3)nc(Br)c2c1. The Labute approximate surface area is 115 Å². The number of carbonyl (C=O) groups is 1. The molecule has 0 spiro atoms. The summed E-state index contributed by atoms with van der Waals surface area (Å²) >= 11 is 4.96. The second-order valence-electron chi connectivity index (χ2n) is 3.68. The predicted molar refractivity (Wildman–Crippen MR) is 73.2 cm³/mol. The van der Waals surface area contributed by atoms with Crippen LogP contribution >= 0.6 is 27.3 Å². The lowest BCUT2D eigenvalue weighted by Crippen LogP contribution is -1.97. The highest BCUT2D eigenvalue weighted by Gasteiger charge is 2.13. The lowest BCUT2D eigenvalue weighted by molar-refractivity contribution is 0.0697. The Balaban J connectivity index is 2.28. The average molecular weight is 323 g/mol. The largest absolute Gasteiger partial charge is 0.478 e. The maximum absolute atomic E-state index is 10.9. The number of rotatable bonds is 2. The summed E-state index contributed by atoms with van der Waals surface area (Å²) in [5.74, 6) is -0.132. The molecule has 0 atom stereocenters.